The van der Waals surface area contributed by atoms with Crippen LogP contribution in [0.3, 0.4) is 0 Å². The highest BCUT2D eigenvalue weighted by Gasteiger charge is 2.30. The minimum absolute atomic E-state index is 0.0315. The van der Waals surface area contributed by atoms with E-state index in [9.17, 15) is 25.5 Å². The highest BCUT2D eigenvalue weighted by atomic mass is 16.5. The summed E-state index contributed by atoms with van der Waals surface area (Å²) in [4.78, 5) is 1.56. The van der Waals surface area contributed by atoms with Crippen molar-refractivity contribution >= 4 is 0 Å². The van der Waals surface area contributed by atoms with E-state index in [1.54, 1.807) is 11.9 Å². The SMILES string of the molecule is CN(CC(O)COCCCN)CC(O)C(O)C(O)C(O)CO. The molecular formula is C13H30N2O7. The quantitative estimate of drug-likeness (QED) is 0.168. The van der Waals surface area contributed by atoms with Gasteiger partial charge in [0.2, 0.25) is 0 Å². The molecule has 0 fully saturated rings. The molecule has 0 bridgehead atoms. The van der Waals surface area contributed by atoms with Crippen LogP contribution in [0.2, 0.25) is 0 Å². The Morgan fingerprint density at radius 3 is 2.14 bits per heavy atom. The van der Waals surface area contributed by atoms with Crippen LogP contribution in [-0.2, 0) is 4.74 Å². The fraction of sp³-hybridized carbons (Fsp3) is 1.00. The first-order valence-electron chi connectivity index (χ1n) is 7.31. The number of rotatable bonds is 13. The summed E-state index contributed by atoms with van der Waals surface area (Å²) in [5.74, 6) is 0. The Labute approximate surface area is 130 Å². The topological polar surface area (TPSA) is 160 Å². The molecule has 0 radical (unpaired) electrons. The second-order valence-electron chi connectivity index (χ2n) is 5.39. The van der Waals surface area contributed by atoms with Crippen molar-refractivity contribution in [3.8, 4) is 0 Å². The van der Waals surface area contributed by atoms with Crippen LogP contribution < -0.4 is 5.73 Å². The Hall–Kier alpha value is -0.360. The summed E-state index contributed by atoms with van der Waals surface area (Å²) in [6.07, 6.45) is -6.19. The van der Waals surface area contributed by atoms with Crippen molar-refractivity contribution in [3.63, 3.8) is 0 Å². The number of aliphatic hydroxyl groups is 6. The monoisotopic (exact) mass is 326 g/mol. The van der Waals surface area contributed by atoms with Gasteiger partial charge in [0.15, 0.2) is 0 Å². The summed E-state index contributed by atoms with van der Waals surface area (Å²) < 4.78 is 5.20. The van der Waals surface area contributed by atoms with E-state index in [1.807, 2.05) is 0 Å². The first-order chi connectivity index (χ1) is 10.3. The molecule has 0 spiro atoms. The second-order valence-corrected chi connectivity index (χ2v) is 5.39. The Morgan fingerprint density at radius 1 is 1.00 bits per heavy atom. The third kappa shape index (κ3) is 8.93. The molecule has 0 aromatic rings. The molecule has 0 saturated carbocycles. The van der Waals surface area contributed by atoms with E-state index in [4.69, 9.17) is 15.6 Å². The van der Waals surface area contributed by atoms with E-state index < -0.39 is 37.1 Å². The number of nitrogens with zero attached hydrogens (tertiary/aromatic N) is 1. The molecule has 0 aromatic heterocycles. The zero-order chi connectivity index (χ0) is 17.1. The minimum Gasteiger partial charge on any atom is -0.394 e. The summed E-state index contributed by atoms with van der Waals surface area (Å²) in [6, 6.07) is 0. The van der Waals surface area contributed by atoms with Crippen molar-refractivity contribution < 1.29 is 35.4 Å². The van der Waals surface area contributed by atoms with Gasteiger partial charge in [-0.2, -0.15) is 0 Å². The summed E-state index contributed by atoms with van der Waals surface area (Å²) in [5.41, 5.74) is 5.31. The largest absolute Gasteiger partial charge is 0.394 e. The molecule has 0 amide bonds. The number of likely N-dealkylation sites (N-methyl/N-ethyl adjacent to an activating group) is 1. The molecule has 0 heterocycles. The second kappa shape index (κ2) is 12.1. The molecule has 134 valence electrons. The molecule has 22 heavy (non-hydrogen) atoms. The predicted molar refractivity (Wildman–Crippen MR) is 79.1 cm³/mol. The van der Waals surface area contributed by atoms with Gasteiger partial charge in [-0.15, -0.1) is 0 Å². The van der Waals surface area contributed by atoms with Crippen LogP contribution in [0.5, 0.6) is 0 Å². The predicted octanol–water partition coefficient (Wildman–Crippen LogP) is -3.92. The molecule has 9 heteroatoms. The maximum Gasteiger partial charge on any atom is 0.111 e. The molecule has 5 atom stereocenters. The van der Waals surface area contributed by atoms with Gasteiger partial charge in [0.05, 0.1) is 25.4 Å². The van der Waals surface area contributed by atoms with Crippen molar-refractivity contribution in [1.82, 2.24) is 4.90 Å². The average Bonchev–Trinajstić information content (AvgIpc) is 2.48. The van der Waals surface area contributed by atoms with E-state index in [0.29, 0.717) is 19.6 Å². The molecule has 9 nitrogen and oxygen atoms in total. The van der Waals surface area contributed by atoms with Crippen LogP contribution in [0.4, 0.5) is 0 Å². The highest BCUT2D eigenvalue weighted by molar-refractivity contribution is 4.82. The van der Waals surface area contributed by atoms with E-state index in [0.717, 1.165) is 0 Å². The standard InChI is InChI=1S/C13H30N2O7/c1-15(5-9(17)8-22-4-2-3-14)6-10(18)12(20)13(21)11(19)7-16/h9-13,16-21H,2-8,14H2,1H3. The summed E-state index contributed by atoms with van der Waals surface area (Å²) in [6.45, 7) is 0.557. The van der Waals surface area contributed by atoms with Gasteiger partial charge in [0.25, 0.3) is 0 Å². The Balaban J connectivity index is 4.05. The number of ether oxygens (including phenoxy) is 1. The maximum atomic E-state index is 9.79. The number of hydrogen-bond acceptors (Lipinski definition) is 9. The van der Waals surface area contributed by atoms with Crippen molar-refractivity contribution in [3.05, 3.63) is 0 Å². The number of nitrogens with two attached hydrogens (primary N) is 1. The van der Waals surface area contributed by atoms with Gasteiger partial charge in [-0.05, 0) is 20.0 Å². The van der Waals surface area contributed by atoms with E-state index in [1.165, 1.54) is 0 Å². The Morgan fingerprint density at radius 2 is 1.59 bits per heavy atom. The van der Waals surface area contributed by atoms with Gasteiger partial charge in [0, 0.05) is 19.7 Å². The van der Waals surface area contributed by atoms with Crippen molar-refractivity contribution in [2.24, 2.45) is 5.73 Å². The summed E-state index contributed by atoms with van der Waals surface area (Å²) in [5, 5.41) is 56.6. The molecule has 0 aromatic carbocycles. The van der Waals surface area contributed by atoms with Gasteiger partial charge in [-0.3, -0.25) is 0 Å². The smallest absolute Gasteiger partial charge is 0.111 e. The van der Waals surface area contributed by atoms with Crippen LogP contribution in [0.1, 0.15) is 6.42 Å². The Bertz CT molecular complexity index is 273. The number of aliphatic hydroxyl groups excluding tert-OH is 6. The third-order valence-electron chi connectivity index (χ3n) is 3.15. The number of hydrogen-bond donors (Lipinski definition) is 7. The van der Waals surface area contributed by atoms with Gasteiger partial charge < -0.3 is 46.0 Å². The van der Waals surface area contributed by atoms with Crippen molar-refractivity contribution in [2.75, 3.05) is 46.5 Å². The van der Waals surface area contributed by atoms with Crippen LogP contribution >= 0.6 is 0 Å². The zero-order valence-corrected chi connectivity index (χ0v) is 13.0. The fourth-order valence-electron chi connectivity index (χ4n) is 1.88. The molecule has 0 aliphatic heterocycles. The zero-order valence-electron chi connectivity index (χ0n) is 13.0. The summed E-state index contributed by atoms with van der Waals surface area (Å²) in [7, 11) is 1.62. The van der Waals surface area contributed by atoms with Gasteiger partial charge >= 0.3 is 0 Å². The van der Waals surface area contributed by atoms with Crippen LogP contribution in [0, 0.1) is 0 Å². The molecule has 8 N–H and O–H groups in total. The van der Waals surface area contributed by atoms with Crippen LogP contribution in [-0.4, -0.2) is 113 Å². The lowest BCUT2D eigenvalue weighted by Crippen LogP contribution is -2.50. The third-order valence-corrected chi connectivity index (χ3v) is 3.15. The van der Waals surface area contributed by atoms with Crippen molar-refractivity contribution in [1.29, 1.82) is 0 Å². The Kier molecular flexibility index (Phi) is 11.9. The van der Waals surface area contributed by atoms with E-state index in [2.05, 4.69) is 0 Å². The van der Waals surface area contributed by atoms with E-state index in [-0.39, 0.29) is 19.7 Å². The molecule has 0 aliphatic rings. The lowest BCUT2D eigenvalue weighted by atomic mass is 10.0. The first kappa shape index (κ1) is 21.6. The molecule has 5 unspecified atom stereocenters. The molecule has 0 aliphatic carbocycles. The minimum atomic E-state index is -1.65. The average molecular weight is 326 g/mol. The molecular weight excluding hydrogens is 296 g/mol. The normalized spacial score (nSPS) is 19.0. The fourth-order valence-corrected chi connectivity index (χ4v) is 1.88. The molecule has 0 rings (SSSR count). The van der Waals surface area contributed by atoms with E-state index >= 15 is 0 Å². The van der Waals surface area contributed by atoms with Crippen LogP contribution in [0.15, 0.2) is 0 Å². The van der Waals surface area contributed by atoms with Gasteiger partial charge in [-0.25, -0.2) is 0 Å². The highest BCUT2D eigenvalue weighted by Crippen LogP contribution is 2.06. The maximum absolute atomic E-state index is 9.79. The lowest BCUT2D eigenvalue weighted by Gasteiger charge is -2.29. The first-order valence-corrected chi connectivity index (χ1v) is 7.31. The van der Waals surface area contributed by atoms with Crippen LogP contribution in [0.25, 0.3) is 0 Å². The lowest BCUT2D eigenvalue weighted by molar-refractivity contribution is -0.119. The van der Waals surface area contributed by atoms with Gasteiger partial charge in [-0.1, -0.05) is 0 Å². The molecule has 0 saturated heterocycles. The summed E-state index contributed by atoms with van der Waals surface area (Å²) >= 11 is 0. The van der Waals surface area contributed by atoms with Gasteiger partial charge in [0.1, 0.15) is 18.3 Å². The van der Waals surface area contributed by atoms with Crippen molar-refractivity contribution in [2.45, 2.75) is 36.9 Å².